The third-order valence-corrected chi connectivity index (χ3v) is 10.3. The van der Waals surface area contributed by atoms with Crippen molar-refractivity contribution in [2.24, 2.45) is 0 Å². The standard InChI is InChI=1S/C47H27N3O/c1-2-11-30-26-32(23-22-28(30)10-1)45-48-46(50-47(49-45)39-19-9-21-42-44(39)38-16-5-6-20-41(38)51-42)37-15-4-3-14-33(37)31-24-25-34-35-17-7-12-29-13-8-18-36(43(29)35)40(34)27-31/h1-27H. The predicted molar refractivity (Wildman–Crippen MR) is 208 cm³/mol. The van der Waals surface area contributed by atoms with Gasteiger partial charge >= 0.3 is 0 Å². The minimum Gasteiger partial charge on any atom is -0.456 e. The van der Waals surface area contributed by atoms with Crippen LogP contribution in [0.2, 0.25) is 0 Å². The van der Waals surface area contributed by atoms with E-state index in [2.05, 4.69) is 133 Å². The lowest BCUT2D eigenvalue weighted by Crippen LogP contribution is -2.01. The van der Waals surface area contributed by atoms with Gasteiger partial charge in [-0.2, -0.15) is 0 Å². The molecule has 51 heavy (non-hydrogen) atoms. The van der Waals surface area contributed by atoms with Crippen LogP contribution in [0.25, 0.3) is 111 Å². The summed E-state index contributed by atoms with van der Waals surface area (Å²) in [5.74, 6) is 1.84. The van der Waals surface area contributed by atoms with Crippen LogP contribution in [0.4, 0.5) is 0 Å². The molecule has 0 radical (unpaired) electrons. The van der Waals surface area contributed by atoms with Crippen molar-refractivity contribution < 1.29 is 4.42 Å². The number of hydrogen-bond acceptors (Lipinski definition) is 4. The van der Waals surface area contributed by atoms with E-state index in [-0.39, 0.29) is 0 Å². The number of fused-ring (bicyclic) bond motifs is 7. The van der Waals surface area contributed by atoms with Gasteiger partial charge in [-0.25, -0.2) is 15.0 Å². The first-order valence-corrected chi connectivity index (χ1v) is 17.2. The van der Waals surface area contributed by atoms with E-state index < -0.39 is 0 Å². The molecule has 10 aromatic rings. The van der Waals surface area contributed by atoms with Crippen molar-refractivity contribution in [2.75, 3.05) is 0 Å². The Hall–Kier alpha value is -6.91. The highest BCUT2D eigenvalue weighted by Crippen LogP contribution is 2.49. The zero-order chi connectivity index (χ0) is 33.5. The zero-order valence-electron chi connectivity index (χ0n) is 27.3. The van der Waals surface area contributed by atoms with Crippen molar-refractivity contribution in [1.29, 1.82) is 0 Å². The molecular formula is C47H27N3O. The number of para-hydroxylation sites is 1. The molecule has 0 N–H and O–H groups in total. The molecule has 0 atom stereocenters. The van der Waals surface area contributed by atoms with E-state index in [1.807, 2.05) is 30.3 Å². The van der Waals surface area contributed by atoms with Gasteiger partial charge in [-0.15, -0.1) is 0 Å². The van der Waals surface area contributed by atoms with Crippen LogP contribution in [0.1, 0.15) is 0 Å². The molecule has 8 aromatic carbocycles. The highest BCUT2D eigenvalue weighted by molar-refractivity contribution is 6.16. The molecule has 0 spiro atoms. The third kappa shape index (κ3) is 4.30. The minimum atomic E-state index is 0.603. The maximum absolute atomic E-state index is 6.28. The molecule has 4 nitrogen and oxygen atoms in total. The molecule has 0 saturated heterocycles. The van der Waals surface area contributed by atoms with Gasteiger partial charge in [0.15, 0.2) is 17.5 Å². The Labute approximate surface area is 293 Å². The van der Waals surface area contributed by atoms with Gasteiger partial charge in [0.25, 0.3) is 0 Å². The average molecular weight is 650 g/mol. The number of rotatable bonds is 4. The van der Waals surface area contributed by atoms with E-state index in [1.54, 1.807) is 0 Å². The Morgan fingerprint density at radius 3 is 1.80 bits per heavy atom. The van der Waals surface area contributed by atoms with Gasteiger partial charge in [-0.3, -0.25) is 0 Å². The quantitative estimate of drug-likeness (QED) is 0.190. The molecule has 2 aromatic heterocycles. The fourth-order valence-corrected chi connectivity index (χ4v) is 7.92. The monoisotopic (exact) mass is 649 g/mol. The lowest BCUT2D eigenvalue weighted by molar-refractivity contribution is 0.669. The summed E-state index contributed by atoms with van der Waals surface area (Å²) in [6.45, 7) is 0. The maximum Gasteiger partial charge on any atom is 0.164 e. The first-order chi connectivity index (χ1) is 25.3. The fraction of sp³-hybridized carbons (Fsp3) is 0. The molecule has 0 fully saturated rings. The molecule has 1 aliphatic rings. The van der Waals surface area contributed by atoms with Crippen LogP contribution in [0.5, 0.6) is 0 Å². The predicted octanol–water partition coefficient (Wildman–Crippen LogP) is 12.4. The molecular weight excluding hydrogens is 623 g/mol. The van der Waals surface area contributed by atoms with E-state index in [1.165, 1.54) is 38.4 Å². The molecule has 0 saturated carbocycles. The second kappa shape index (κ2) is 10.8. The van der Waals surface area contributed by atoms with Gasteiger partial charge in [0.05, 0.1) is 0 Å². The highest BCUT2D eigenvalue weighted by Gasteiger charge is 2.23. The van der Waals surface area contributed by atoms with Gasteiger partial charge < -0.3 is 4.42 Å². The van der Waals surface area contributed by atoms with Crippen LogP contribution in [-0.4, -0.2) is 15.0 Å². The summed E-state index contributed by atoms with van der Waals surface area (Å²) in [6, 6.07) is 57.4. The summed E-state index contributed by atoms with van der Waals surface area (Å²) < 4.78 is 6.28. The van der Waals surface area contributed by atoms with Gasteiger partial charge in [0.2, 0.25) is 0 Å². The van der Waals surface area contributed by atoms with Crippen LogP contribution in [0.15, 0.2) is 168 Å². The molecule has 2 heterocycles. The summed E-state index contributed by atoms with van der Waals surface area (Å²) in [6.07, 6.45) is 0. The normalized spacial score (nSPS) is 11.9. The molecule has 0 bridgehead atoms. The lowest BCUT2D eigenvalue weighted by atomic mass is 9.94. The first kappa shape index (κ1) is 28.0. The van der Waals surface area contributed by atoms with E-state index >= 15 is 0 Å². The average Bonchev–Trinajstić information content (AvgIpc) is 3.74. The Morgan fingerprint density at radius 1 is 0.314 bits per heavy atom. The number of furan rings is 1. The summed E-state index contributed by atoms with van der Waals surface area (Å²) in [5.41, 5.74) is 11.7. The summed E-state index contributed by atoms with van der Waals surface area (Å²) >= 11 is 0. The minimum absolute atomic E-state index is 0.603. The van der Waals surface area contributed by atoms with Crippen LogP contribution in [0, 0.1) is 0 Å². The van der Waals surface area contributed by atoms with E-state index in [0.29, 0.717) is 17.5 Å². The van der Waals surface area contributed by atoms with Crippen molar-refractivity contribution in [3.8, 4) is 67.5 Å². The van der Waals surface area contributed by atoms with Crippen LogP contribution in [0.3, 0.4) is 0 Å². The molecule has 0 aliphatic heterocycles. The van der Waals surface area contributed by atoms with E-state index in [9.17, 15) is 0 Å². The van der Waals surface area contributed by atoms with Gasteiger partial charge in [0.1, 0.15) is 11.2 Å². The van der Waals surface area contributed by atoms with Crippen LogP contribution >= 0.6 is 0 Å². The lowest BCUT2D eigenvalue weighted by Gasteiger charge is -2.14. The third-order valence-electron chi connectivity index (χ3n) is 10.3. The molecule has 0 amide bonds. The maximum atomic E-state index is 6.28. The van der Waals surface area contributed by atoms with Crippen molar-refractivity contribution in [1.82, 2.24) is 15.0 Å². The number of aromatic nitrogens is 3. The summed E-state index contributed by atoms with van der Waals surface area (Å²) in [5, 5.41) is 6.93. The second-order valence-corrected chi connectivity index (χ2v) is 13.2. The molecule has 1 aliphatic carbocycles. The highest BCUT2D eigenvalue weighted by atomic mass is 16.3. The Balaban J connectivity index is 1.14. The van der Waals surface area contributed by atoms with Crippen LogP contribution < -0.4 is 0 Å². The molecule has 4 heteroatoms. The SMILES string of the molecule is c1ccc(-c2nc(-c3ccc4ccccc4c3)nc(-c3cccc4oc5ccccc5c34)n2)c(-c2ccc3c(c2)-c2cccc4cccc-3c24)c1. The number of benzene rings is 8. The van der Waals surface area contributed by atoms with Crippen molar-refractivity contribution in [2.45, 2.75) is 0 Å². The smallest absolute Gasteiger partial charge is 0.164 e. The molecule has 0 unspecified atom stereocenters. The van der Waals surface area contributed by atoms with Crippen molar-refractivity contribution in [3.63, 3.8) is 0 Å². The fourth-order valence-electron chi connectivity index (χ4n) is 7.92. The second-order valence-electron chi connectivity index (χ2n) is 13.2. The Kier molecular flexibility index (Phi) is 5.92. The largest absolute Gasteiger partial charge is 0.456 e. The first-order valence-electron chi connectivity index (χ1n) is 17.2. The summed E-state index contributed by atoms with van der Waals surface area (Å²) in [4.78, 5) is 15.6. The van der Waals surface area contributed by atoms with Crippen molar-refractivity contribution >= 4 is 43.5 Å². The number of hydrogen-bond donors (Lipinski definition) is 0. The molecule has 236 valence electrons. The Bertz CT molecular complexity index is 3040. The van der Waals surface area contributed by atoms with Gasteiger partial charge in [-0.05, 0) is 79.2 Å². The van der Waals surface area contributed by atoms with Gasteiger partial charge in [0, 0.05) is 27.5 Å². The Morgan fingerprint density at radius 2 is 0.922 bits per heavy atom. The zero-order valence-corrected chi connectivity index (χ0v) is 27.3. The van der Waals surface area contributed by atoms with E-state index in [0.717, 1.165) is 55.1 Å². The van der Waals surface area contributed by atoms with Gasteiger partial charge in [-0.1, -0.05) is 140 Å². The molecule has 11 rings (SSSR count). The van der Waals surface area contributed by atoms with Crippen LogP contribution in [-0.2, 0) is 0 Å². The van der Waals surface area contributed by atoms with E-state index in [4.69, 9.17) is 19.4 Å². The number of nitrogens with zero attached hydrogens (tertiary/aromatic N) is 3. The summed E-state index contributed by atoms with van der Waals surface area (Å²) in [7, 11) is 0. The van der Waals surface area contributed by atoms with Crippen molar-refractivity contribution in [3.05, 3.63) is 164 Å². The topological polar surface area (TPSA) is 51.8 Å².